The first-order valence-electron chi connectivity index (χ1n) is 8.14. The molecule has 8 heteroatoms. The molecule has 132 valence electrons. The van der Waals surface area contributed by atoms with E-state index in [2.05, 4.69) is 10.4 Å². The quantitative estimate of drug-likeness (QED) is 0.856. The van der Waals surface area contributed by atoms with Crippen molar-refractivity contribution < 1.29 is 14.0 Å². The van der Waals surface area contributed by atoms with Gasteiger partial charge >= 0.3 is 0 Å². The van der Waals surface area contributed by atoms with Gasteiger partial charge in [-0.05, 0) is 31.0 Å². The molecule has 1 aliphatic heterocycles. The molecule has 0 radical (unpaired) electrons. The Morgan fingerprint density at radius 3 is 2.72 bits per heavy atom. The van der Waals surface area contributed by atoms with Gasteiger partial charge < -0.3 is 11.1 Å². The topological polar surface area (TPSA) is 93.2 Å². The maximum absolute atomic E-state index is 13.3. The van der Waals surface area contributed by atoms with Crippen LogP contribution in [0.3, 0.4) is 0 Å². The number of nitrogens with two attached hydrogens (primary N) is 1. The molecule has 0 saturated carbocycles. The van der Waals surface area contributed by atoms with Crippen molar-refractivity contribution in [3.05, 3.63) is 47.9 Å². The monoisotopic (exact) mass is 345 g/mol. The van der Waals surface area contributed by atoms with E-state index < -0.39 is 5.82 Å². The van der Waals surface area contributed by atoms with Gasteiger partial charge in [0.2, 0.25) is 5.91 Å². The highest BCUT2D eigenvalue weighted by Gasteiger charge is 2.24. The normalized spacial score (nSPS) is 15.9. The molecule has 3 N–H and O–H groups in total. The van der Waals surface area contributed by atoms with Gasteiger partial charge in [-0.3, -0.25) is 14.5 Å². The number of hydrogen-bond acceptors (Lipinski definition) is 4. The SMILES string of the molecule is NC(=O)CN1CCC(n2nccc2NC(=O)c2cccc(F)c2)CC1. The molecule has 7 nitrogen and oxygen atoms in total. The number of benzene rings is 1. The Morgan fingerprint density at radius 1 is 1.28 bits per heavy atom. The maximum atomic E-state index is 13.3. The van der Waals surface area contributed by atoms with E-state index in [9.17, 15) is 14.0 Å². The van der Waals surface area contributed by atoms with Crippen LogP contribution < -0.4 is 11.1 Å². The lowest BCUT2D eigenvalue weighted by Crippen LogP contribution is -2.40. The minimum Gasteiger partial charge on any atom is -0.369 e. The Labute approximate surface area is 144 Å². The third kappa shape index (κ3) is 4.21. The fourth-order valence-electron chi connectivity index (χ4n) is 3.06. The molecule has 0 bridgehead atoms. The summed E-state index contributed by atoms with van der Waals surface area (Å²) < 4.78 is 15.0. The molecule has 1 aromatic carbocycles. The van der Waals surface area contributed by atoms with E-state index >= 15 is 0 Å². The molecule has 0 aliphatic carbocycles. The first-order valence-corrected chi connectivity index (χ1v) is 8.14. The van der Waals surface area contributed by atoms with Crippen LogP contribution in [0.1, 0.15) is 29.2 Å². The highest BCUT2D eigenvalue weighted by atomic mass is 19.1. The number of carbonyl (C=O) groups is 2. The van der Waals surface area contributed by atoms with Crippen molar-refractivity contribution in [3.63, 3.8) is 0 Å². The standard InChI is InChI=1S/C17H20FN5O2/c18-13-3-1-2-12(10-13)17(25)21-16-4-7-20-23(16)14-5-8-22(9-6-14)11-15(19)24/h1-4,7,10,14H,5-6,8-9,11H2,(H2,19,24)(H,21,25). The molecular weight excluding hydrogens is 325 g/mol. The molecule has 2 aromatic rings. The van der Waals surface area contributed by atoms with E-state index in [0.29, 0.717) is 5.82 Å². The third-order valence-corrected chi connectivity index (χ3v) is 4.28. The number of anilines is 1. The molecule has 0 spiro atoms. The van der Waals surface area contributed by atoms with E-state index in [4.69, 9.17) is 5.73 Å². The summed E-state index contributed by atoms with van der Waals surface area (Å²) in [6.07, 6.45) is 3.23. The minimum atomic E-state index is -0.456. The van der Waals surface area contributed by atoms with Gasteiger partial charge in [0.15, 0.2) is 0 Å². The second-order valence-electron chi connectivity index (χ2n) is 6.10. The second-order valence-corrected chi connectivity index (χ2v) is 6.10. The molecule has 0 unspecified atom stereocenters. The Hall–Kier alpha value is -2.74. The summed E-state index contributed by atoms with van der Waals surface area (Å²) in [5.74, 6) is -0.599. The van der Waals surface area contributed by atoms with Crippen LogP contribution in [0.4, 0.5) is 10.2 Å². The Balaban J connectivity index is 1.65. The molecule has 3 rings (SSSR count). The molecule has 1 aliphatic rings. The average molecular weight is 345 g/mol. The van der Waals surface area contributed by atoms with Gasteiger partial charge in [0.05, 0.1) is 18.8 Å². The Morgan fingerprint density at radius 2 is 2.04 bits per heavy atom. The molecule has 2 amide bonds. The molecular formula is C17H20FN5O2. The number of amides is 2. The van der Waals surface area contributed by atoms with Gasteiger partial charge in [0, 0.05) is 24.7 Å². The first-order chi connectivity index (χ1) is 12.0. The third-order valence-electron chi connectivity index (χ3n) is 4.28. The molecule has 0 atom stereocenters. The van der Waals surface area contributed by atoms with Gasteiger partial charge in [0.1, 0.15) is 11.6 Å². The van der Waals surface area contributed by atoms with Crippen molar-refractivity contribution in [1.29, 1.82) is 0 Å². The van der Waals surface area contributed by atoms with E-state index in [1.807, 2.05) is 4.90 Å². The van der Waals surface area contributed by atoms with Gasteiger partial charge in [-0.15, -0.1) is 0 Å². The summed E-state index contributed by atoms with van der Waals surface area (Å²) >= 11 is 0. The smallest absolute Gasteiger partial charge is 0.256 e. The summed E-state index contributed by atoms with van der Waals surface area (Å²) in [5, 5.41) is 7.09. The van der Waals surface area contributed by atoms with Crippen LogP contribution in [0, 0.1) is 5.82 Å². The Bertz CT molecular complexity index is 768. The summed E-state index contributed by atoms with van der Waals surface area (Å²) in [4.78, 5) is 25.3. The molecule has 25 heavy (non-hydrogen) atoms. The van der Waals surface area contributed by atoms with Crippen LogP contribution >= 0.6 is 0 Å². The van der Waals surface area contributed by atoms with E-state index in [1.165, 1.54) is 18.2 Å². The average Bonchev–Trinajstić information content (AvgIpc) is 3.03. The molecule has 1 aromatic heterocycles. The van der Waals surface area contributed by atoms with Crippen LogP contribution in [0.15, 0.2) is 36.5 Å². The highest BCUT2D eigenvalue weighted by Crippen LogP contribution is 2.25. The number of primary amides is 1. The van der Waals surface area contributed by atoms with Crippen molar-refractivity contribution in [2.24, 2.45) is 5.73 Å². The first kappa shape index (κ1) is 17.1. The van der Waals surface area contributed by atoms with Gasteiger partial charge in [-0.1, -0.05) is 6.07 Å². The van der Waals surface area contributed by atoms with Gasteiger partial charge in [-0.25, -0.2) is 9.07 Å². The summed E-state index contributed by atoms with van der Waals surface area (Å²) in [5.41, 5.74) is 5.48. The predicted molar refractivity (Wildman–Crippen MR) is 90.5 cm³/mol. The maximum Gasteiger partial charge on any atom is 0.256 e. The number of nitrogens with zero attached hydrogens (tertiary/aromatic N) is 3. The summed E-state index contributed by atoms with van der Waals surface area (Å²) in [6.45, 7) is 1.74. The van der Waals surface area contributed by atoms with Gasteiger partial charge in [-0.2, -0.15) is 5.10 Å². The zero-order chi connectivity index (χ0) is 17.8. The second kappa shape index (κ2) is 7.43. The number of carbonyl (C=O) groups excluding carboxylic acids is 2. The van der Waals surface area contributed by atoms with Crippen molar-refractivity contribution in [2.75, 3.05) is 25.0 Å². The Kier molecular flexibility index (Phi) is 5.08. The van der Waals surface area contributed by atoms with Gasteiger partial charge in [0.25, 0.3) is 5.91 Å². The number of piperidine rings is 1. The number of aromatic nitrogens is 2. The molecule has 1 fully saturated rings. The number of halogens is 1. The van der Waals surface area contributed by atoms with Crippen LogP contribution in [0.2, 0.25) is 0 Å². The van der Waals surface area contributed by atoms with E-state index in [0.717, 1.165) is 25.9 Å². The number of likely N-dealkylation sites (tertiary alicyclic amines) is 1. The van der Waals surface area contributed by atoms with Crippen molar-refractivity contribution in [3.8, 4) is 0 Å². The lowest BCUT2D eigenvalue weighted by atomic mass is 10.1. The van der Waals surface area contributed by atoms with Crippen LogP contribution in [-0.2, 0) is 4.79 Å². The fourth-order valence-corrected chi connectivity index (χ4v) is 3.06. The number of hydrogen-bond donors (Lipinski definition) is 2. The van der Waals surface area contributed by atoms with Crippen LogP contribution in [0.25, 0.3) is 0 Å². The summed E-state index contributed by atoms with van der Waals surface area (Å²) in [6, 6.07) is 7.38. The summed E-state index contributed by atoms with van der Waals surface area (Å²) in [7, 11) is 0. The van der Waals surface area contributed by atoms with Crippen LogP contribution in [-0.4, -0.2) is 46.1 Å². The van der Waals surface area contributed by atoms with E-state index in [1.54, 1.807) is 23.0 Å². The predicted octanol–water partition coefficient (Wildman–Crippen LogP) is 1.40. The zero-order valence-electron chi connectivity index (χ0n) is 13.7. The highest BCUT2D eigenvalue weighted by molar-refractivity contribution is 6.03. The minimum absolute atomic E-state index is 0.127. The van der Waals surface area contributed by atoms with Crippen molar-refractivity contribution >= 4 is 17.6 Å². The van der Waals surface area contributed by atoms with Crippen molar-refractivity contribution in [2.45, 2.75) is 18.9 Å². The van der Waals surface area contributed by atoms with E-state index in [-0.39, 0.29) is 30.0 Å². The molecule has 2 heterocycles. The van der Waals surface area contributed by atoms with Crippen molar-refractivity contribution in [1.82, 2.24) is 14.7 Å². The van der Waals surface area contributed by atoms with Crippen LogP contribution in [0.5, 0.6) is 0 Å². The lowest BCUT2D eigenvalue weighted by Gasteiger charge is -2.31. The number of rotatable bonds is 5. The zero-order valence-corrected chi connectivity index (χ0v) is 13.7. The molecule has 1 saturated heterocycles. The number of nitrogens with one attached hydrogen (secondary N) is 1. The lowest BCUT2D eigenvalue weighted by molar-refractivity contribution is -0.119. The largest absolute Gasteiger partial charge is 0.369 e. The fraction of sp³-hybridized carbons (Fsp3) is 0.353.